The third-order valence-corrected chi connectivity index (χ3v) is 2.77. The maximum atomic E-state index is 5.89. The van der Waals surface area contributed by atoms with E-state index in [1.807, 2.05) is 19.1 Å². The maximum absolute atomic E-state index is 5.89. The summed E-state index contributed by atoms with van der Waals surface area (Å²) in [4.78, 5) is 0. The predicted octanol–water partition coefficient (Wildman–Crippen LogP) is 4.53. The van der Waals surface area contributed by atoms with E-state index in [1.165, 1.54) is 0 Å². The van der Waals surface area contributed by atoms with E-state index in [2.05, 4.69) is 29.8 Å². The SMILES string of the molecule is Cc1cc(Br)cc(CCl)c1OCC(C)C. The zero-order valence-electron chi connectivity index (χ0n) is 9.31. The molecule has 0 radical (unpaired) electrons. The first-order chi connectivity index (χ1) is 7.04. The highest BCUT2D eigenvalue weighted by atomic mass is 79.9. The van der Waals surface area contributed by atoms with Crippen LogP contribution in [0.3, 0.4) is 0 Å². The highest BCUT2D eigenvalue weighted by molar-refractivity contribution is 9.10. The zero-order chi connectivity index (χ0) is 11.4. The molecule has 15 heavy (non-hydrogen) atoms. The molecule has 0 fully saturated rings. The van der Waals surface area contributed by atoms with Gasteiger partial charge in [-0.1, -0.05) is 29.8 Å². The molecule has 0 bridgehead atoms. The van der Waals surface area contributed by atoms with Gasteiger partial charge in [-0.25, -0.2) is 0 Å². The summed E-state index contributed by atoms with van der Waals surface area (Å²) in [5, 5.41) is 0. The van der Waals surface area contributed by atoms with Crippen LogP contribution < -0.4 is 4.74 Å². The van der Waals surface area contributed by atoms with Crippen LogP contribution in [0.2, 0.25) is 0 Å². The molecule has 0 spiro atoms. The lowest BCUT2D eigenvalue weighted by atomic mass is 10.1. The van der Waals surface area contributed by atoms with Crippen LogP contribution in [0, 0.1) is 12.8 Å². The molecule has 0 unspecified atom stereocenters. The van der Waals surface area contributed by atoms with Crippen molar-refractivity contribution in [3.63, 3.8) is 0 Å². The van der Waals surface area contributed by atoms with Crippen molar-refractivity contribution in [1.82, 2.24) is 0 Å². The summed E-state index contributed by atoms with van der Waals surface area (Å²) in [6.07, 6.45) is 0. The molecule has 0 heterocycles. The van der Waals surface area contributed by atoms with E-state index in [0.717, 1.165) is 28.0 Å². The minimum absolute atomic E-state index is 0.480. The molecule has 0 aromatic heterocycles. The van der Waals surface area contributed by atoms with Crippen molar-refractivity contribution in [2.45, 2.75) is 26.7 Å². The van der Waals surface area contributed by atoms with E-state index in [-0.39, 0.29) is 0 Å². The minimum atomic E-state index is 0.480. The number of aryl methyl sites for hydroxylation is 1. The molecular formula is C12H16BrClO. The molecule has 1 rings (SSSR count). The molecule has 0 amide bonds. The molecule has 1 nitrogen and oxygen atoms in total. The van der Waals surface area contributed by atoms with Gasteiger partial charge in [0.15, 0.2) is 0 Å². The first-order valence-corrected chi connectivity index (χ1v) is 6.35. The second-order valence-corrected chi connectivity index (χ2v) is 5.23. The minimum Gasteiger partial charge on any atom is -0.493 e. The molecule has 0 atom stereocenters. The summed E-state index contributed by atoms with van der Waals surface area (Å²) in [6, 6.07) is 4.06. The van der Waals surface area contributed by atoms with Gasteiger partial charge in [0.2, 0.25) is 0 Å². The first kappa shape index (κ1) is 12.9. The molecule has 0 N–H and O–H groups in total. The Kier molecular flexibility index (Phi) is 4.94. The number of ether oxygens (including phenoxy) is 1. The monoisotopic (exact) mass is 290 g/mol. The Labute approximate surface area is 105 Å². The Morgan fingerprint density at radius 1 is 1.40 bits per heavy atom. The molecule has 0 aliphatic heterocycles. The third kappa shape index (κ3) is 3.69. The molecular weight excluding hydrogens is 275 g/mol. The van der Waals surface area contributed by atoms with Crippen molar-refractivity contribution in [1.29, 1.82) is 0 Å². The molecule has 1 aromatic carbocycles. The lowest BCUT2D eigenvalue weighted by molar-refractivity contribution is 0.267. The molecule has 0 aliphatic carbocycles. The van der Waals surface area contributed by atoms with Crippen molar-refractivity contribution < 1.29 is 4.74 Å². The molecule has 84 valence electrons. The third-order valence-electron chi connectivity index (χ3n) is 2.02. The van der Waals surface area contributed by atoms with E-state index in [9.17, 15) is 0 Å². The van der Waals surface area contributed by atoms with Crippen LogP contribution in [0.4, 0.5) is 0 Å². The number of benzene rings is 1. The standard InChI is InChI=1S/C12H16BrClO/c1-8(2)7-15-12-9(3)4-11(13)5-10(12)6-14/h4-5,8H,6-7H2,1-3H3. The van der Waals surface area contributed by atoms with Crippen LogP contribution in [0.25, 0.3) is 0 Å². The Balaban J connectivity index is 2.93. The predicted molar refractivity (Wildman–Crippen MR) is 68.8 cm³/mol. The highest BCUT2D eigenvalue weighted by Crippen LogP contribution is 2.29. The average molecular weight is 292 g/mol. The molecule has 0 saturated heterocycles. The molecule has 3 heteroatoms. The average Bonchev–Trinajstić information content (AvgIpc) is 2.14. The molecule has 1 aromatic rings. The largest absolute Gasteiger partial charge is 0.493 e. The van der Waals surface area contributed by atoms with Crippen LogP contribution in [0.1, 0.15) is 25.0 Å². The van der Waals surface area contributed by atoms with Crippen molar-refractivity contribution in [3.05, 3.63) is 27.7 Å². The number of hydrogen-bond donors (Lipinski definition) is 0. The number of hydrogen-bond acceptors (Lipinski definition) is 1. The lowest BCUT2D eigenvalue weighted by Crippen LogP contribution is -2.07. The summed E-state index contributed by atoms with van der Waals surface area (Å²) < 4.78 is 6.82. The van der Waals surface area contributed by atoms with Gasteiger partial charge < -0.3 is 4.74 Å². The van der Waals surface area contributed by atoms with Crippen molar-refractivity contribution in [2.75, 3.05) is 6.61 Å². The number of alkyl halides is 1. The van der Waals surface area contributed by atoms with Gasteiger partial charge in [-0.15, -0.1) is 11.6 Å². The Morgan fingerprint density at radius 3 is 2.60 bits per heavy atom. The quantitative estimate of drug-likeness (QED) is 0.741. The van der Waals surface area contributed by atoms with Gasteiger partial charge in [0.05, 0.1) is 12.5 Å². The van der Waals surface area contributed by atoms with Crippen LogP contribution in [0.5, 0.6) is 5.75 Å². The number of halogens is 2. The van der Waals surface area contributed by atoms with Gasteiger partial charge in [-0.2, -0.15) is 0 Å². The Morgan fingerprint density at radius 2 is 2.07 bits per heavy atom. The van der Waals surface area contributed by atoms with Crippen LogP contribution >= 0.6 is 27.5 Å². The topological polar surface area (TPSA) is 9.23 Å². The maximum Gasteiger partial charge on any atom is 0.126 e. The lowest BCUT2D eigenvalue weighted by Gasteiger charge is -2.15. The van der Waals surface area contributed by atoms with Crippen LogP contribution in [-0.4, -0.2) is 6.61 Å². The fourth-order valence-electron chi connectivity index (χ4n) is 1.36. The van der Waals surface area contributed by atoms with Gasteiger partial charge in [0, 0.05) is 10.0 Å². The summed E-state index contributed by atoms with van der Waals surface area (Å²) >= 11 is 9.34. The van der Waals surface area contributed by atoms with Gasteiger partial charge >= 0.3 is 0 Å². The van der Waals surface area contributed by atoms with Gasteiger partial charge in [0.25, 0.3) is 0 Å². The molecule has 0 saturated carbocycles. The zero-order valence-corrected chi connectivity index (χ0v) is 11.7. The van der Waals surface area contributed by atoms with Crippen molar-refractivity contribution >= 4 is 27.5 Å². The first-order valence-electron chi connectivity index (χ1n) is 5.02. The van der Waals surface area contributed by atoms with E-state index in [0.29, 0.717) is 11.8 Å². The second kappa shape index (κ2) is 5.76. The summed E-state index contributed by atoms with van der Waals surface area (Å²) in [7, 11) is 0. The Bertz CT molecular complexity index is 337. The van der Waals surface area contributed by atoms with Crippen LogP contribution in [0.15, 0.2) is 16.6 Å². The van der Waals surface area contributed by atoms with E-state index in [1.54, 1.807) is 0 Å². The fourth-order valence-corrected chi connectivity index (χ4v) is 2.17. The highest BCUT2D eigenvalue weighted by Gasteiger charge is 2.08. The summed E-state index contributed by atoms with van der Waals surface area (Å²) in [6.45, 7) is 7.03. The van der Waals surface area contributed by atoms with Crippen LogP contribution in [-0.2, 0) is 5.88 Å². The molecule has 0 aliphatic rings. The normalized spacial score (nSPS) is 10.8. The van der Waals surface area contributed by atoms with E-state index < -0.39 is 0 Å². The fraction of sp³-hybridized carbons (Fsp3) is 0.500. The van der Waals surface area contributed by atoms with E-state index in [4.69, 9.17) is 16.3 Å². The van der Waals surface area contributed by atoms with Crippen molar-refractivity contribution in [2.24, 2.45) is 5.92 Å². The van der Waals surface area contributed by atoms with Gasteiger partial charge in [0.1, 0.15) is 5.75 Å². The van der Waals surface area contributed by atoms with Gasteiger partial charge in [-0.3, -0.25) is 0 Å². The summed E-state index contributed by atoms with van der Waals surface area (Å²) in [5.74, 6) is 1.94. The number of rotatable bonds is 4. The smallest absolute Gasteiger partial charge is 0.126 e. The van der Waals surface area contributed by atoms with Gasteiger partial charge in [-0.05, 0) is 30.5 Å². The Hall–Kier alpha value is -0.210. The summed E-state index contributed by atoms with van der Waals surface area (Å²) in [5.41, 5.74) is 2.17. The van der Waals surface area contributed by atoms with Crippen molar-refractivity contribution in [3.8, 4) is 5.75 Å². The second-order valence-electron chi connectivity index (χ2n) is 4.05. The van der Waals surface area contributed by atoms with E-state index >= 15 is 0 Å².